The predicted octanol–water partition coefficient (Wildman–Crippen LogP) is -3.22. The molecule has 5 atom stereocenters. The molecule has 0 aromatic heterocycles. The first kappa shape index (κ1) is 9.85. The standard InChI is InChI=1S/C6H12O6/c7-1-2-3(8)4(9)5(10)6(11)12-2/h2-11H,1H2/t2?,3-,4?,5-,6+/m0/s1. The largest absolute Gasteiger partial charge is 0.394 e. The highest BCUT2D eigenvalue weighted by Gasteiger charge is 2.42. The number of ether oxygens (including phenoxy) is 1. The average Bonchev–Trinajstić information content (AvgIpc) is 2.08. The van der Waals surface area contributed by atoms with E-state index in [0.29, 0.717) is 0 Å². The molecule has 0 aromatic rings. The van der Waals surface area contributed by atoms with Gasteiger partial charge in [-0.05, 0) is 0 Å². The Morgan fingerprint density at radius 1 is 0.917 bits per heavy atom. The molecule has 1 aliphatic heterocycles. The number of aliphatic hydroxyl groups is 5. The lowest BCUT2D eigenvalue weighted by molar-refractivity contribution is -0.286. The Morgan fingerprint density at radius 2 is 1.50 bits per heavy atom. The second kappa shape index (κ2) is 3.65. The highest BCUT2D eigenvalue weighted by Crippen LogP contribution is 2.18. The fourth-order valence-corrected chi connectivity index (χ4v) is 1.08. The maximum atomic E-state index is 9.12. The van der Waals surface area contributed by atoms with Crippen LogP contribution in [0.1, 0.15) is 0 Å². The van der Waals surface area contributed by atoms with Crippen molar-refractivity contribution in [2.45, 2.75) is 30.7 Å². The monoisotopic (exact) mass is 180 g/mol. The molecule has 1 rings (SSSR count). The van der Waals surface area contributed by atoms with E-state index in [0.717, 1.165) is 0 Å². The summed E-state index contributed by atoms with van der Waals surface area (Å²) in [6.07, 6.45) is -7.04. The summed E-state index contributed by atoms with van der Waals surface area (Å²) in [5.41, 5.74) is 0. The molecule has 6 heteroatoms. The first-order valence-electron chi connectivity index (χ1n) is 3.56. The van der Waals surface area contributed by atoms with Gasteiger partial charge in [-0.25, -0.2) is 0 Å². The maximum absolute atomic E-state index is 9.12. The van der Waals surface area contributed by atoms with Crippen molar-refractivity contribution >= 4 is 0 Å². The zero-order valence-corrected chi connectivity index (χ0v) is 6.24. The normalized spacial score (nSPS) is 49.2. The van der Waals surface area contributed by atoms with Crippen molar-refractivity contribution in [2.24, 2.45) is 0 Å². The van der Waals surface area contributed by atoms with Gasteiger partial charge in [0.05, 0.1) is 6.61 Å². The van der Waals surface area contributed by atoms with E-state index in [1.807, 2.05) is 0 Å². The van der Waals surface area contributed by atoms with E-state index in [9.17, 15) is 0 Å². The van der Waals surface area contributed by atoms with Crippen LogP contribution in [-0.4, -0.2) is 62.8 Å². The predicted molar refractivity (Wildman–Crippen MR) is 36.0 cm³/mol. The van der Waals surface area contributed by atoms with E-state index in [2.05, 4.69) is 4.74 Å². The van der Waals surface area contributed by atoms with Crippen molar-refractivity contribution in [3.63, 3.8) is 0 Å². The van der Waals surface area contributed by atoms with Crippen molar-refractivity contribution in [2.75, 3.05) is 6.61 Å². The summed E-state index contributed by atoms with van der Waals surface area (Å²) in [5.74, 6) is 0. The quantitative estimate of drug-likeness (QED) is 0.290. The van der Waals surface area contributed by atoms with Crippen LogP contribution in [0.3, 0.4) is 0 Å². The highest BCUT2D eigenvalue weighted by molar-refractivity contribution is 4.87. The smallest absolute Gasteiger partial charge is 0.184 e. The molecule has 1 heterocycles. The summed E-state index contributed by atoms with van der Waals surface area (Å²) in [6, 6.07) is 0. The van der Waals surface area contributed by atoms with Gasteiger partial charge >= 0.3 is 0 Å². The van der Waals surface area contributed by atoms with Crippen LogP contribution in [0.4, 0.5) is 0 Å². The van der Waals surface area contributed by atoms with Crippen molar-refractivity contribution in [3.05, 3.63) is 0 Å². The lowest BCUT2D eigenvalue weighted by atomic mass is 10.00. The summed E-state index contributed by atoms with van der Waals surface area (Å²) < 4.78 is 4.58. The summed E-state index contributed by atoms with van der Waals surface area (Å²) in [6.45, 7) is -0.526. The van der Waals surface area contributed by atoms with Crippen molar-refractivity contribution in [1.29, 1.82) is 0 Å². The van der Waals surface area contributed by atoms with Crippen LogP contribution in [0.5, 0.6) is 0 Å². The fraction of sp³-hybridized carbons (Fsp3) is 1.00. The van der Waals surface area contributed by atoms with Gasteiger partial charge in [0, 0.05) is 0 Å². The summed E-state index contributed by atoms with van der Waals surface area (Å²) in [4.78, 5) is 0. The van der Waals surface area contributed by atoms with E-state index >= 15 is 0 Å². The molecule has 0 aromatic carbocycles. The van der Waals surface area contributed by atoms with Crippen LogP contribution in [0.25, 0.3) is 0 Å². The number of aliphatic hydroxyl groups excluding tert-OH is 5. The minimum atomic E-state index is -1.57. The molecule has 0 amide bonds. The third-order valence-electron chi connectivity index (χ3n) is 1.87. The molecule has 12 heavy (non-hydrogen) atoms. The molecule has 5 N–H and O–H groups in total. The second-order valence-corrected chi connectivity index (χ2v) is 2.72. The van der Waals surface area contributed by atoms with Crippen LogP contribution < -0.4 is 0 Å². The minimum absolute atomic E-state index is 0.526. The third kappa shape index (κ3) is 1.58. The van der Waals surface area contributed by atoms with Gasteiger partial charge < -0.3 is 30.3 Å². The van der Waals surface area contributed by atoms with Crippen LogP contribution in [0.2, 0.25) is 0 Å². The van der Waals surface area contributed by atoms with Crippen molar-refractivity contribution in [3.8, 4) is 0 Å². The second-order valence-electron chi connectivity index (χ2n) is 2.72. The van der Waals surface area contributed by atoms with E-state index < -0.39 is 37.3 Å². The summed E-state index contributed by atoms with van der Waals surface area (Å²) >= 11 is 0. The lowest BCUT2D eigenvalue weighted by Gasteiger charge is -2.37. The SMILES string of the molecule is OCC1O[C@@H](O)[C@@H](O)C(O)[C@H]1O. The Bertz CT molecular complexity index is 146. The third-order valence-corrected chi connectivity index (χ3v) is 1.87. The molecule has 1 saturated heterocycles. The van der Waals surface area contributed by atoms with Gasteiger partial charge in [0.2, 0.25) is 0 Å². The molecule has 0 bridgehead atoms. The minimum Gasteiger partial charge on any atom is -0.394 e. The Labute approximate surface area is 68.6 Å². The Hall–Kier alpha value is -0.240. The van der Waals surface area contributed by atoms with Crippen LogP contribution >= 0.6 is 0 Å². The summed E-state index contributed by atoms with van der Waals surface area (Å²) in [7, 11) is 0. The fourth-order valence-electron chi connectivity index (χ4n) is 1.08. The Balaban J connectivity index is 2.63. The first-order valence-corrected chi connectivity index (χ1v) is 3.56. The maximum Gasteiger partial charge on any atom is 0.184 e. The van der Waals surface area contributed by atoms with E-state index in [1.165, 1.54) is 0 Å². The van der Waals surface area contributed by atoms with Gasteiger partial charge in [0.15, 0.2) is 6.29 Å². The highest BCUT2D eigenvalue weighted by atomic mass is 16.6. The van der Waals surface area contributed by atoms with Crippen molar-refractivity contribution < 1.29 is 30.3 Å². The van der Waals surface area contributed by atoms with Crippen LogP contribution in [-0.2, 0) is 4.74 Å². The van der Waals surface area contributed by atoms with E-state index in [4.69, 9.17) is 25.5 Å². The Morgan fingerprint density at radius 3 is 2.00 bits per heavy atom. The van der Waals surface area contributed by atoms with Gasteiger partial charge in [-0.3, -0.25) is 0 Å². The average molecular weight is 180 g/mol. The molecule has 0 radical (unpaired) electrons. The van der Waals surface area contributed by atoms with Gasteiger partial charge in [0.1, 0.15) is 24.4 Å². The van der Waals surface area contributed by atoms with E-state index in [1.54, 1.807) is 0 Å². The molecule has 6 nitrogen and oxygen atoms in total. The molecule has 1 fully saturated rings. The molecule has 72 valence electrons. The molecule has 2 unspecified atom stereocenters. The lowest BCUT2D eigenvalue weighted by Crippen LogP contribution is -2.58. The first-order chi connectivity index (χ1) is 5.57. The number of hydrogen-bond donors (Lipinski definition) is 5. The number of rotatable bonds is 1. The van der Waals surface area contributed by atoms with Gasteiger partial charge in [-0.1, -0.05) is 0 Å². The summed E-state index contributed by atoms with van der Waals surface area (Å²) in [5, 5.41) is 44.7. The molecule has 0 spiro atoms. The van der Waals surface area contributed by atoms with E-state index in [-0.39, 0.29) is 0 Å². The molecular formula is C6H12O6. The van der Waals surface area contributed by atoms with Crippen LogP contribution in [0.15, 0.2) is 0 Å². The molecular weight excluding hydrogens is 168 g/mol. The molecule has 0 aliphatic carbocycles. The Kier molecular flexibility index (Phi) is 2.99. The van der Waals surface area contributed by atoms with Gasteiger partial charge in [0.25, 0.3) is 0 Å². The molecule has 1 aliphatic rings. The molecule has 0 saturated carbocycles. The van der Waals surface area contributed by atoms with Gasteiger partial charge in [-0.15, -0.1) is 0 Å². The van der Waals surface area contributed by atoms with Crippen LogP contribution in [0, 0.1) is 0 Å². The van der Waals surface area contributed by atoms with Crippen molar-refractivity contribution in [1.82, 2.24) is 0 Å². The number of hydrogen-bond acceptors (Lipinski definition) is 6. The zero-order chi connectivity index (χ0) is 9.30. The zero-order valence-electron chi connectivity index (χ0n) is 6.24. The topological polar surface area (TPSA) is 110 Å². The van der Waals surface area contributed by atoms with Gasteiger partial charge in [-0.2, -0.15) is 0 Å².